The minimum atomic E-state index is -1.01. The van der Waals surface area contributed by atoms with Crippen LogP contribution in [0.4, 0.5) is 4.79 Å². The van der Waals surface area contributed by atoms with E-state index in [2.05, 4.69) is 55.0 Å². The van der Waals surface area contributed by atoms with E-state index in [1.54, 1.807) is 45.4 Å². The highest BCUT2D eigenvalue weighted by molar-refractivity contribution is 5.86. The van der Waals surface area contributed by atoms with Crippen LogP contribution in [0.3, 0.4) is 0 Å². The van der Waals surface area contributed by atoms with Crippen molar-refractivity contribution in [3.8, 4) is 16.9 Å². The fourth-order valence-electron chi connectivity index (χ4n) is 5.35. The molecule has 2 aromatic heterocycles. The molecule has 0 saturated heterocycles. The summed E-state index contributed by atoms with van der Waals surface area (Å²) in [4.78, 5) is 38.6. The summed E-state index contributed by atoms with van der Waals surface area (Å²) in [5.74, 6) is 0.347. The summed E-state index contributed by atoms with van der Waals surface area (Å²) in [6, 6.07) is 19.8. The van der Waals surface area contributed by atoms with Crippen molar-refractivity contribution in [1.29, 1.82) is 0 Å². The standard InChI is InChI=1S/C36H40N6O5/c1-22-15-28(43)16-23(2)29(22)19-30(40-35(45)46-36(3,4)5)33(44)39-31(18-27-20-37-21-38-27)34-41-32(42-47-34)17-24-11-13-26(14-12-24)25-9-7-6-8-10-25/h6-16,20-21,30-31,43H,17-19H2,1-5H3,(H,37,38)(H,39,44)(H,40,45)/t30-,31-/m0/s1. The quantitative estimate of drug-likeness (QED) is 0.140. The number of hydrogen-bond acceptors (Lipinski definition) is 8. The van der Waals surface area contributed by atoms with Crippen molar-refractivity contribution in [3.63, 3.8) is 0 Å². The van der Waals surface area contributed by atoms with Gasteiger partial charge in [-0.1, -0.05) is 59.8 Å². The molecule has 0 aliphatic rings. The number of rotatable bonds is 11. The topological polar surface area (TPSA) is 155 Å². The summed E-state index contributed by atoms with van der Waals surface area (Å²) in [5.41, 5.74) is 5.63. The molecule has 4 N–H and O–H groups in total. The Labute approximate surface area is 273 Å². The zero-order chi connectivity index (χ0) is 33.6. The van der Waals surface area contributed by atoms with E-state index in [1.165, 1.54) is 0 Å². The Morgan fingerprint density at radius 3 is 2.28 bits per heavy atom. The number of aromatic hydroxyl groups is 1. The molecule has 47 heavy (non-hydrogen) atoms. The molecule has 3 aromatic carbocycles. The molecule has 5 rings (SSSR count). The summed E-state index contributed by atoms with van der Waals surface area (Å²) in [6.07, 6.45) is 3.37. The second-order valence-electron chi connectivity index (χ2n) is 12.6. The first-order valence-corrected chi connectivity index (χ1v) is 15.5. The van der Waals surface area contributed by atoms with Crippen LogP contribution in [-0.4, -0.2) is 48.9 Å². The predicted octanol–water partition coefficient (Wildman–Crippen LogP) is 5.91. The second-order valence-corrected chi connectivity index (χ2v) is 12.6. The molecule has 0 aliphatic carbocycles. The van der Waals surface area contributed by atoms with E-state index in [9.17, 15) is 14.7 Å². The van der Waals surface area contributed by atoms with Gasteiger partial charge in [0.1, 0.15) is 23.4 Å². The van der Waals surface area contributed by atoms with Crippen LogP contribution in [0.5, 0.6) is 5.75 Å². The van der Waals surface area contributed by atoms with E-state index in [-0.39, 0.29) is 24.5 Å². The van der Waals surface area contributed by atoms with E-state index in [1.807, 2.05) is 44.2 Å². The zero-order valence-corrected chi connectivity index (χ0v) is 27.2. The number of ether oxygens (including phenoxy) is 1. The average Bonchev–Trinajstić information content (AvgIpc) is 3.70. The zero-order valence-electron chi connectivity index (χ0n) is 27.2. The first-order chi connectivity index (χ1) is 22.4. The summed E-state index contributed by atoms with van der Waals surface area (Å²) in [5, 5.41) is 20.0. The minimum absolute atomic E-state index is 0.129. The number of nitrogens with zero attached hydrogens (tertiary/aromatic N) is 3. The summed E-state index contributed by atoms with van der Waals surface area (Å²) >= 11 is 0. The maximum atomic E-state index is 14.0. The molecule has 0 spiro atoms. The molecule has 5 aromatic rings. The van der Waals surface area contributed by atoms with Crippen LogP contribution in [0.2, 0.25) is 0 Å². The van der Waals surface area contributed by atoms with Gasteiger partial charge in [-0.05, 0) is 80.1 Å². The third kappa shape index (κ3) is 9.06. The van der Waals surface area contributed by atoms with Crippen LogP contribution in [-0.2, 0) is 28.8 Å². The molecule has 0 bridgehead atoms. The van der Waals surface area contributed by atoms with Crippen LogP contribution in [0.25, 0.3) is 11.1 Å². The monoisotopic (exact) mass is 636 g/mol. The Morgan fingerprint density at radius 1 is 0.957 bits per heavy atom. The molecule has 0 unspecified atom stereocenters. The number of H-pyrrole nitrogens is 1. The molecular formula is C36H40N6O5. The molecule has 11 nitrogen and oxygen atoms in total. The van der Waals surface area contributed by atoms with Gasteiger partial charge in [0.05, 0.1) is 6.33 Å². The number of carbonyl (C=O) groups excluding carboxylic acids is 2. The van der Waals surface area contributed by atoms with Crippen molar-refractivity contribution in [2.24, 2.45) is 0 Å². The Kier molecular flexibility index (Phi) is 10.0. The number of benzene rings is 3. The van der Waals surface area contributed by atoms with Crippen LogP contribution < -0.4 is 10.6 Å². The van der Waals surface area contributed by atoms with E-state index >= 15 is 0 Å². The number of phenols is 1. The number of carbonyl (C=O) groups is 2. The molecule has 2 heterocycles. The fourth-order valence-corrected chi connectivity index (χ4v) is 5.35. The Hall–Kier alpha value is -5.45. The average molecular weight is 637 g/mol. The first kappa shape index (κ1) is 32.9. The van der Waals surface area contributed by atoms with Gasteiger partial charge in [0, 0.05) is 31.2 Å². The lowest BCUT2D eigenvalue weighted by Gasteiger charge is -2.25. The van der Waals surface area contributed by atoms with Gasteiger partial charge in [0.25, 0.3) is 0 Å². The number of amides is 2. The maximum Gasteiger partial charge on any atom is 0.408 e. The lowest BCUT2D eigenvalue weighted by atomic mass is 9.95. The highest BCUT2D eigenvalue weighted by Crippen LogP contribution is 2.24. The van der Waals surface area contributed by atoms with Crippen LogP contribution in [0.15, 0.2) is 83.8 Å². The van der Waals surface area contributed by atoms with Gasteiger partial charge >= 0.3 is 6.09 Å². The number of aromatic nitrogens is 4. The summed E-state index contributed by atoms with van der Waals surface area (Å²) in [6.45, 7) is 8.95. The Bertz CT molecular complexity index is 1770. The van der Waals surface area contributed by atoms with Crippen LogP contribution >= 0.6 is 0 Å². The van der Waals surface area contributed by atoms with E-state index in [0.717, 1.165) is 39.1 Å². The molecular weight excluding hydrogens is 596 g/mol. The molecule has 11 heteroatoms. The second kappa shape index (κ2) is 14.3. The van der Waals surface area contributed by atoms with E-state index < -0.39 is 29.7 Å². The number of aromatic amines is 1. The van der Waals surface area contributed by atoms with Gasteiger partial charge in [0.2, 0.25) is 11.8 Å². The van der Waals surface area contributed by atoms with Crippen LogP contribution in [0.1, 0.15) is 66.5 Å². The Morgan fingerprint density at radius 2 is 1.64 bits per heavy atom. The van der Waals surface area contributed by atoms with E-state index in [0.29, 0.717) is 12.2 Å². The van der Waals surface area contributed by atoms with Crippen molar-refractivity contribution < 1.29 is 24.0 Å². The minimum Gasteiger partial charge on any atom is -0.508 e. The lowest BCUT2D eigenvalue weighted by molar-refractivity contribution is -0.124. The molecule has 0 radical (unpaired) electrons. The third-order valence-corrected chi connectivity index (χ3v) is 7.60. The number of aryl methyl sites for hydroxylation is 2. The predicted molar refractivity (Wildman–Crippen MR) is 177 cm³/mol. The highest BCUT2D eigenvalue weighted by Gasteiger charge is 2.30. The van der Waals surface area contributed by atoms with Gasteiger partial charge in [0.15, 0.2) is 5.82 Å². The molecule has 244 valence electrons. The van der Waals surface area contributed by atoms with E-state index in [4.69, 9.17) is 9.26 Å². The fraction of sp³-hybridized carbons (Fsp3) is 0.306. The van der Waals surface area contributed by atoms with Crippen molar-refractivity contribution >= 4 is 12.0 Å². The largest absolute Gasteiger partial charge is 0.508 e. The smallest absolute Gasteiger partial charge is 0.408 e. The molecule has 0 fully saturated rings. The van der Waals surface area contributed by atoms with Crippen molar-refractivity contribution in [2.45, 2.75) is 71.6 Å². The van der Waals surface area contributed by atoms with Crippen molar-refractivity contribution in [2.75, 3.05) is 0 Å². The van der Waals surface area contributed by atoms with Crippen molar-refractivity contribution in [1.82, 2.24) is 30.7 Å². The number of nitrogens with one attached hydrogen (secondary N) is 3. The van der Waals surface area contributed by atoms with Crippen molar-refractivity contribution in [3.05, 3.63) is 119 Å². The maximum absolute atomic E-state index is 14.0. The van der Waals surface area contributed by atoms with Gasteiger partial charge in [-0.25, -0.2) is 9.78 Å². The summed E-state index contributed by atoms with van der Waals surface area (Å²) in [7, 11) is 0. The SMILES string of the molecule is Cc1cc(O)cc(C)c1C[C@H](NC(=O)OC(C)(C)C)C(=O)N[C@@H](Cc1cnc[nH]1)c1nc(Cc2ccc(-c3ccccc3)cc2)no1. The lowest BCUT2D eigenvalue weighted by Crippen LogP contribution is -2.50. The van der Waals surface area contributed by atoms with Crippen LogP contribution in [0, 0.1) is 13.8 Å². The van der Waals surface area contributed by atoms with Gasteiger partial charge in [-0.2, -0.15) is 4.98 Å². The first-order valence-electron chi connectivity index (χ1n) is 15.5. The number of alkyl carbamates (subject to hydrolysis) is 1. The number of hydrogen-bond donors (Lipinski definition) is 4. The number of imidazole rings is 1. The third-order valence-electron chi connectivity index (χ3n) is 7.60. The highest BCUT2D eigenvalue weighted by atomic mass is 16.6. The van der Waals surface area contributed by atoms with Gasteiger partial charge in [-0.3, -0.25) is 4.79 Å². The molecule has 2 amide bonds. The normalized spacial score (nSPS) is 12.7. The Balaban J connectivity index is 1.36. The summed E-state index contributed by atoms with van der Waals surface area (Å²) < 4.78 is 11.2. The molecule has 0 saturated carbocycles. The number of phenolic OH excluding ortho intramolecular Hbond substituents is 1. The van der Waals surface area contributed by atoms with Gasteiger partial charge < -0.3 is 30.0 Å². The van der Waals surface area contributed by atoms with Gasteiger partial charge in [-0.15, -0.1) is 0 Å². The molecule has 2 atom stereocenters. The molecule has 0 aliphatic heterocycles.